The highest BCUT2D eigenvalue weighted by atomic mass is 32.2. The number of rotatable bonds is 27. The lowest BCUT2D eigenvalue weighted by atomic mass is 9.98. The Hall–Kier alpha value is -3.04. The van der Waals surface area contributed by atoms with E-state index in [1.165, 1.54) is 75.8 Å². The zero-order valence-electron chi connectivity index (χ0n) is 32.3. The first-order valence-electron chi connectivity index (χ1n) is 20.5. The van der Waals surface area contributed by atoms with Crippen molar-refractivity contribution in [3.05, 3.63) is 64.5 Å². The number of aromatic nitrogens is 1. The van der Waals surface area contributed by atoms with E-state index in [2.05, 4.69) is 37.4 Å². The molecule has 2 heterocycles. The molecule has 2 aliphatic rings. The van der Waals surface area contributed by atoms with Crippen LogP contribution in [0.4, 0.5) is 4.79 Å². The number of carbonyl (C=O) groups excluding carboxylic acids is 1. The molecular formula is C43H66N4O4S. The van der Waals surface area contributed by atoms with Crippen LogP contribution in [0.5, 0.6) is 5.75 Å². The number of benzene rings is 1. The summed E-state index contributed by atoms with van der Waals surface area (Å²) in [5.74, 6) is 1.81. The van der Waals surface area contributed by atoms with Crippen LogP contribution in [0.15, 0.2) is 63.9 Å². The van der Waals surface area contributed by atoms with Gasteiger partial charge in [-0.15, -0.1) is 11.8 Å². The Morgan fingerprint density at radius 2 is 1.58 bits per heavy atom. The Bertz CT molecular complexity index is 1470. The molecule has 0 bridgehead atoms. The highest BCUT2D eigenvalue weighted by Crippen LogP contribution is 2.33. The smallest absolute Gasteiger partial charge is 0.411 e. The predicted molar refractivity (Wildman–Crippen MR) is 220 cm³/mol. The number of unbranched alkanes of at least 4 members (excludes halogenated alkanes) is 13. The SMILES string of the molecule is CCCCCCCCCN(CCCCCCCCC)C(=O)OCn1c(=O)ccc2ccc(OCCCCNCCN=C3C=CCC4SCC=C34)cc21. The minimum Gasteiger partial charge on any atom is -0.494 e. The molecule has 1 aromatic carbocycles. The second kappa shape index (κ2) is 25.1. The zero-order chi connectivity index (χ0) is 36.6. The lowest BCUT2D eigenvalue weighted by Gasteiger charge is -2.23. The Morgan fingerprint density at radius 1 is 0.885 bits per heavy atom. The Balaban J connectivity index is 1.21. The van der Waals surface area contributed by atoms with Gasteiger partial charge in [0.2, 0.25) is 0 Å². The first kappa shape index (κ1) is 41.7. The van der Waals surface area contributed by atoms with Crippen LogP contribution in [0.2, 0.25) is 0 Å². The number of hydrogen-bond donors (Lipinski definition) is 1. The fourth-order valence-corrected chi connectivity index (χ4v) is 8.07. The molecule has 52 heavy (non-hydrogen) atoms. The third-order valence-electron chi connectivity index (χ3n) is 10.1. The van der Waals surface area contributed by atoms with E-state index in [1.54, 1.807) is 4.57 Å². The Morgan fingerprint density at radius 3 is 2.31 bits per heavy atom. The van der Waals surface area contributed by atoms with Crippen molar-refractivity contribution in [2.75, 3.05) is 45.1 Å². The van der Waals surface area contributed by atoms with Gasteiger partial charge in [-0.25, -0.2) is 4.79 Å². The number of carbonyl (C=O) groups is 1. The van der Waals surface area contributed by atoms with Gasteiger partial charge in [-0.1, -0.05) is 103 Å². The van der Waals surface area contributed by atoms with Crippen LogP contribution in [0.25, 0.3) is 10.9 Å². The lowest BCUT2D eigenvalue weighted by Crippen LogP contribution is -2.35. The number of thioether (sulfide) groups is 1. The van der Waals surface area contributed by atoms with Crippen molar-refractivity contribution in [2.45, 2.75) is 135 Å². The van der Waals surface area contributed by atoms with Gasteiger partial charge in [0, 0.05) is 42.8 Å². The predicted octanol–water partition coefficient (Wildman–Crippen LogP) is 10.1. The molecule has 0 saturated carbocycles. The molecule has 0 saturated heterocycles. The van der Waals surface area contributed by atoms with Crippen molar-refractivity contribution in [3.8, 4) is 5.75 Å². The van der Waals surface area contributed by atoms with E-state index < -0.39 is 0 Å². The Kier molecular flexibility index (Phi) is 20.1. The molecule has 1 amide bonds. The van der Waals surface area contributed by atoms with Crippen molar-refractivity contribution >= 4 is 34.5 Å². The first-order valence-corrected chi connectivity index (χ1v) is 21.6. The van der Waals surface area contributed by atoms with Crippen molar-refractivity contribution in [1.29, 1.82) is 0 Å². The molecule has 2 aromatic rings. The monoisotopic (exact) mass is 734 g/mol. The molecule has 0 spiro atoms. The lowest BCUT2D eigenvalue weighted by molar-refractivity contribution is 0.0748. The fraction of sp³-hybridized carbons (Fsp3) is 0.651. The number of nitrogens with one attached hydrogen (secondary N) is 1. The number of pyridine rings is 1. The molecular weight excluding hydrogens is 669 g/mol. The maximum absolute atomic E-state index is 13.4. The average Bonchev–Trinajstić information content (AvgIpc) is 3.65. The van der Waals surface area contributed by atoms with E-state index in [4.69, 9.17) is 14.5 Å². The molecule has 0 radical (unpaired) electrons. The first-order chi connectivity index (χ1) is 25.6. The highest BCUT2D eigenvalue weighted by Gasteiger charge is 2.24. The number of fused-ring (bicyclic) bond motifs is 2. The summed E-state index contributed by atoms with van der Waals surface area (Å²) in [6.07, 6.45) is 26.3. The van der Waals surface area contributed by atoms with E-state index in [0.717, 1.165) is 81.4 Å². The molecule has 4 rings (SSSR count). The minimum absolute atomic E-state index is 0.117. The van der Waals surface area contributed by atoms with Crippen molar-refractivity contribution in [2.24, 2.45) is 4.99 Å². The van der Waals surface area contributed by atoms with E-state index in [1.807, 2.05) is 40.9 Å². The van der Waals surface area contributed by atoms with Gasteiger partial charge in [0.15, 0.2) is 6.73 Å². The van der Waals surface area contributed by atoms with E-state index >= 15 is 0 Å². The van der Waals surface area contributed by atoms with E-state index in [-0.39, 0.29) is 18.4 Å². The number of amides is 1. The summed E-state index contributed by atoms with van der Waals surface area (Å²) in [4.78, 5) is 33.1. The number of aliphatic imine (C=N–C) groups is 1. The molecule has 1 aromatic heterocycles. The van der Waals surface area contributed by atoms with Gasteiger partial charge in [0.25, 0.3) is 5.56 Å². The summed E-state index contributed by atoms with van der Waals surface area (Å²) in [5.41, 5.74) is 3.09. The van der Waals surface area contributed by atoms with Crippen LogP contribution in [0.1, 0.15) is 123 Å². The van der Waals surface area contributed by atoms with Crippen LogP contribution in [0, 0.1) is 0 Å². The molecule has 8 nitrogen and oxygen atoms in total. The number of allylic oxidation sites excluding steroid dienone is 2. The maximum Gasteiger partial charge on any atom is 0.411 e. The standard InChI is InChI=1S/C43H66N4O4S/c1-3-5-7-9-11-13-16-30-46(31-17-14-12-10-8-6-4-2)43(49)51-35-47-40-34-37(24-22-36(40)23-25-42(47)48)50-32-18-15-27-44-28-29-45-39-20-19-21-41-38(39)26-33-52-41/h19-20,22-26,34,41,44H,3-18,21,27-33,35H2,1-2H3. The normalized spacial score (nSPS) is 16.0. The number of hydrogen-bond acceptors (Lipinski definition) is 7. The number of nitrogens with zero attached hydrogens (tertiary/aromatic N) is 3. The van der Waals surface area contributed by atoms with E-state index in [9.17, 15) is 9.59 Å². The van der Waals surface area contributed by atoms with Crippen LogP contribution in [-0.4, -0.2) is 71.6 Å². The molecule has 0 fully saturated rings. The fourth-order valence-electron chi connectivity index (χ4n) is 6.92. The van der Waals surface area contributed by atoms with Gasteiger partial charge in [-0.2, -0.15) is 0 Å². The minimum atomic E-state index is -0.334. The molecule has 1 unspecified atom stereocenters. The van der Waals surface area contributed by atoms with Gasteiger partial charge in [-0.3, -0.25) is 14.4 Å². The molecule has 1 N–H and O–H groups in total. The summed E-state index contributed by atoms with van der Waals surface area (Å²) >= 11 is 2.01. The average molecular weight is 735 g/mol. The van der Waals surface area contributed by atoms with Crippen LogP contribution in [-0.2, 0) is 11.5 Å². The number of ether oxygens (including phenoxy) is 2. The molecule has 288 valence electrons. The topological polar surface area (TPSA) is 85.2 Å². The van der Waals surface area contributed by atoms with Crippen molar-refractivity contribution in [1.82, 2.24) is 14.8 Å². The van der Waals surface area contributed by atoms with Gasteiger partial charge < -0.3 is 19.7 Å². The molecule has 1 atom stereocenters. The largest absolute Gasteiger partial charge is 0.494 e. The van der Waals surface area contributed by atoms with E-state index in [0.29, 0.717) is 36.2 Å². The molecule has 1 aliphatic carbocycles. The maximum atomic E-state index is 13.4. The summed E-state index contributed by atoms with van der Waals surface area (Å²) in [6.45, 7) is 8.92. The summed E-state index contributed by atoms with van der Waals surface area (Å²) in [5, 5.41) is 5.01. The molecule has 9 heteroatoms. The Labute approximate surface area is 317 Å². The summed E-state index contributed by atoms with van der Waals surface area (Å²) < 4.78 is 13.5. The zero-order valence-corrected chi connectivity index (χ0v) is 33.1. The van der Waals surface area contributed by atoms with Gasteiger partial charge in [0.1, 0.15) is 5.75 Å². The quantitative estimate of drug-likeness (QED) is 0.0920. The van der Waals surface area contributed by atoms with Gasteiger partial charge in [0.05, 0.1) is 24.4 Å². The van der Waals surface area contributed by atoms with Gasteiger partial charge >= 0.3 is 6.09 Å². The van der Waals surface area contributed by atoms with Gasteiger partial charge in [-0.05, 0) is 73.9 Å². The second-order valence-electron chi connectivity index (χ2n) is 14.3. The van der Waals surface area contributed by atoms with Crippen LogP contribution < -0.4 is 15.6 Å². The van der Waals surface area contributed by atoms with Crippen molar-refractivity contribution < 1.29 is 14.3 Å². The summed E-state index contributed by atoms with van der Waals surface area (Å²) in [6, 6.07) is 9.14. The molecule has 1 aliphatic heterocycles. The third-order valence-corrected chi connectivity index (χ3v) is 11.3. The van der Waals surface area contributed by atoms with Crippen LogP contribution >= 0.6 is 11.8 Å². The third kappa shape index (κ3) is 14.8. The highest BCUT2D eigenvalue weighted by molar-refractivity contribution is 8.00. The van der Waals surface area contributed by atoms with Crippen molar-refractivity contribution in [3.63, 3.8) is 0 Å². The van der Waals surface area contributed by atoms with Crippen LogP contribution in [0.3, 0.4) is 0 Å². The second-order valence-corrected chi connectivity index (χ2v) is 15.5. The summed E-state index contributed by atoms with van der Waals surface area (Å²) in [7, 11) is 0.